The minimum atomic E-state index is 0.178. The Labute approximate surface area is 144 Å². The van der Waals surface area contributed by atoms with Crippen LogP contribution in [-0.4, -0.2) is 5.88 Å². The lowest BCUT2D eigenvalue weighted by atomic mass is 9.63. The van der Waals surface area contributed by atoms with Crippen LogP contribution in [0.1, 0.15) is 52.0 Å². The molecular weight excluding hydrogens is 323 g/mol. The molecule has 0 N–H and O–H groups in total. The van der Waals surface area contributed by atoms with Gasteiger partial charge in [0.15, 0.2) is 0 Å². The molecule has 1 aromatic rings. The standard InChI is InChI=1S/C18H25Cl3/c1-17(2,3)14-6-8-18(12-19,9-7-14)11-13-10-15(20)4-5-16(13)21/h4-5,10,14H,6-9,11-12H2,1-3H3. The predicted molar refractivity (Wildman–Crippen MR) is 94.7 cm³/mol. The van der Waals surface area contributed by atoms with Crippen molar-refractivity contribution in [2.45, 2.75) is 52.9 Å². The Morgan fingerprint density at radius 2 is 1.76 bits per heavy atom. The molecule has 1 fully saturated rings. The number of alkyl halides is 1. The first-order valence-corrected chi connectivity index (χ1v) is 9.05. The molecule has 0 saturated heterocycles. The van der Waals surface area contributed by atoms with E-state index in [0.717, 1.165) is 27.9 Å². The molecule has 0 nitrogen and oxygen atoms in total. The molecule has 3 heteroatoms. The van der Waals surface area contributed by atoms with E-state index in [1.54, 1.807) is 0 Å². The molecule has 0 bridgehead atoms. The van der Waals surface area contributed by atoms with Crippen LogP contribution in [0.15, 0.2) is 18.2 Å². The van der Waals surface area contributed by atoms with Gasteiger partial charge in [-0.15, -0.1) is 11.6 Å². The lowest BCUT2D eigenvalue weighted by molar-refractivity contribution is 0.102. The predicted octanol–water partition coefficient (Wildman–Crippen LogP) is 7.00. The van der Waals surface area contributed by atoms with Crippen LogP contribution in [0.5, 0.6) is 0 Å². The van der Waals surface area contributed by atoms with Crippen molar-refractivity contribution >= 4 is 34.8 Å². The summed E-state index contributed by atoms with van der Waals surface area (Å²) in [6, 6.07) is 5.73. The van der Waals surface area contributed by atoms with Crippen molar-refractivity contribution in [1.82, 2.24) is 0 Å². The van der Waals surface area contributed by atoms with Crippen LogP contribution < -0.4 is 0 Å². The van der Waals surface area contributed by atoms with E-state index in [2.05, 4.69) is 20.8 Å². The quantitative estimate of drug-likeness (QED) is 0.516. The van der Waals surface area contributed by atoms with Gasteiger partial charge in [0.1, 0.15) is 0 Å². The Hall–Kier alpha value is 0.0900. The topological polar surface area (TPSA) is 0 Å². The van der Waals surface area contributed by atoms with Crippen molar-refractivity contribution in [2.24, 2.45) is 16.7 Å². The molecule has 118 valence electrons. The molecule has 0 atom stereocenters. The van der Waals surface area contributed by atoms with Gasteiger partial charge in [-0.3, -0.25) is 0 Å². The van der Waals surface area contributed by atoms with Crippen LogP contribution in [0.2, 0.25) is 10.0 Å². The third kappa shape index (κ3) is 4.30. The minimum absolute atomic E-state index is 0.178. The van der Waals surface area contributed by atoms with Gasteiger partial charge in [0, 0.05) is 15.9 Å². The highest BCUT2D eigenvalue weighted by molar-refractivity contribution is 6.33. The van der Waals surface area contributed by atoms with Crippen LogP contribution in [-0.2, 0) is 6.42 Å². The van der Waals surface area contributed by atoms with E-state index < -0.39 is 0 Å². The third-order valence-electron chi connectivity index (χ3n) is 5.13. The maximum Gasteiger partial charge on any atom is 0.0439 e. The fourth-order valence-corrected chi connectivity index (χ4v) is 4.28. The zero-order chi connectivity index (χ0) is 15.7. The molecule has 1 aliphatic rings. The van der Waals surface area contributed by atoms with E-state index in [-0.39, 0.29) is 5.41 Å². The first-order chi connectivity index (χ1) is 9.76. The zero-order valence-electron chi connectivity index (χ0n) is 13.2. The second-order valence-corrected chi connectivity index (χ2v) is 8.80. The molecular formula is C18H25Cl3. The molecule has 21 heavy (non-hydrogen) atoms. The monoisotopic (exact) mass is 346 g/mol. The largest absolute Gasteiger partial charge is 0.126 e. The molecule has 0 spiro atoms. The number of halogens is 3. The summed E-state index contributed by atoms with van der Waals surface area (Å²) >= 11 is 18.8. The molecule has 1 aliphatic carbocycles. The second-order valence-electron chi connectivity index (χ2n) is 7.69. The fraction of sp³-hybridized carbons (Fsp3) is 0.667. The van der Waals surface area contributed by atoms with Crippen LogP contribution in [0.25, 0.3) is 0 Å². The lowest BCUT2D eigenvalue weighted by Gasteiger charge is -2.43. The zero-order valence-corrected chi connectivity index (χ0v) is 15.5. The van der Waals surface area contributed by atoms with Crippen molar-refractivity contribution < 1.29 is 0 Å². The first-order valence-electron chi connectivity index (χ1n) is 7.76. The van der Waals surface area contributed by atoms with Gasteiger partial charge in [-0.05, 0) is 72.6 Å². The Bertz CT molecular complexity index is 480. The second kappa shape index (κ2) is 6.69. The maximum atomic E-state index is 6.37. The molecule has 1 aromatic carbocycles. The van der Waals surface area contributed by atoms with Crippen LogP contribution in [0.4, 0.5) is 0 Å². The first kappa shape index (κ1) is 17.4. The Morgan fingerprint density at radius 3 is 2.29 bits per heavy atom. The molecule has 0 amide bonds. The van der Waals surface area contributed by atoms with Gasteiger partial charge in [0.2, 0.25) is 0 Å². The molecule has 1 saturated carbocycles. The summed E-state index contributed by atoms with van der Waals surface area (Å²) in [6.07, 6.45) is 5.82. The lowest BCUT2D eigenvalue weighted by Crippen LogP contribution is -2.35. The number of hydrogen-bond acceptors (Lipinski definition) is 0. The highest BCUT2D eigenvalue weighted by atomic mass is 35.5. The number of benzene rings is 1. The van der Waals surface area contributed by atoms with E-state index >= 15 is 0 Å². The summed E-state index contributed by atoms with van der Waals surface area (Å²) in [5, 5.41) is 1.56. The van der Waals surface area contributed by atoms with Gasteiger partial charge in [-0.25, -0.2) is 0 Å². The van der Waals surface area contributed by atoms with Crippen molar-refractivity contribution in [2.75, 3.05) is 5.88 Å². The number of hydrogen-bond donors (Lipinski definition) is 0. The SMILES string of the molecule is CC(C)(C)C1CCC(CCl)(Cc2cc(Cl)ccc2Cl)CC1. The molecule has 0 aliphatic heterocycles. The Morgan fingerprint density at radius 1 is 1.14 bits per heavy atom. The molecule has 0 unspecified atom stereocenters. The summed E-state index contributed by atoms with van der Waals surface area (Å²) < 4.78 is 0. The summed E-state index contributed by atoms with van der Waals surface area (Å²) in [7, 11) is 0. The van der Waals surface area contributed by atoms with E-state index in [1.165, 1.54) is 25.7 Å². The van der Waals surface area contributed by atoms with Crippen LogP contribution in [0, 0.1) is 16.7 Å². The Balaban J connectivity index is 2.12. The van der Waals surface area contributed by atoms with Crippen molar-refractivity contribution in [3.63, 3.8) is 0 Å². The van der Waals surface area contributed by atoms with Crippen LogP contribution >= 0.6 is 34.8 Å². The average Bonchev–Trinajstić information content (AvgIpc) is 2.42. The van der Waals surface area contributed by atoms with E-state index in [1.807, 2.05) is 18.2 Å². The summed E-state index contributed by atoms with van der Waals surface area (Å²) in [4.78, 5) is 0. The highest BCUT2D eigenvalue weighted by Crippen LogP contribution is 2.48. The third-order valence-corrected chi connectivity index (χ3v) is 6.30. The highest BCUT2D eigenvalue weighted by Gasteiger charge is 2.38. The summed E-state index contributed by atoms with van der Waals surface area (Å²) in [6.45, 7) is 7.04. The smallest absolute Gasteiger partial charge is 0.0439 e. The van der Waals surface area contributed by atoms with Gasteiger partial charge in [0.25, 0.3) is 0 Å². The molecule has 2 rings (SSSR count). The van der Waals surface area contributed by atoms with Crippen molar-refractivity contribution in [3.8, 4) is 0 Å². The van der Waals surface area contributed by atoms with Crippen molar-refractivity contribution in [3.05, 3.63) is 33.8 Å². The average molecular weight is 348 g/mol. The summed E-state index contributed by atoms with van der Waals surface area (Å²) in [5.74, 6) is 1.50. The van der Waals surface area contributed by atoms with E-state index in [9.17, 15) is 0 Å². The van der Waals surface area contributed by atoms with Gasteiger partial charge in [0.05, 0.1) is 0 Å². The molecule has 0 radical (unpaired) electrons. The summed E-state index contributed by atoms with van der Waals surface area (Å²) in [5.41, 5.74) is 1.71. The van der Waals surface area contributed by atoms with Gasteiger partial charge in [-0.1, -0.05) is 44.0 Å². The van der Waals surface area contributed by atoms with Gasteiger partial charge < -0.3 is 0 Å². The van der Waals surface area contributed by atoms with E-state index in [0.29, 0.717) is 11.3 Å². The van der Waals surface area contributed by atoms with Gasteiger partial charge >= 0.3 is 0 Å². The maximum absolute atomic E-state index is 6.37. The molecule has 0 aromatic heterocycles. The fourth-order valence-electron chi connectivity index (χ4n) is 3.54. The van der Waals surface area contributed by atoms with Gasteiger partial charge in [-0.2, -0.15) is 0 Å². The number of rotatable bonds is 3. The Kier molecular flexibility index (Phi) is 5.55. The van der Waals surface area contributed by atoms with Crippen LogP contribution in [0.3, 0.4) is 0 Å². The minimum Gasteiger partial charge on any atom is -0.126 e. The van der Waals surface area contributed by atoms with E-state index in [4.69, 9.17) is 34.8 Å². The molecule has 0 heterocycles. The normalized spacial score (nSPS) is 26.9. The van der Waals surface area contributed by atoms with Crippen molar-refractivity contribution in [1.29, 1.82) is 0 Å².